The molecule has 138 valence electrons. The van der Waals surface area contributed by atoms with E-state index in [1.165, 1.54) is 0 Å². The minimum Gasteiger partial charge on any atom is -0.497 e. The summed E-state index contributed by atoms with van der Waals surface area (Å²) < 4.78 is 10.7. The Morgan fingerprint density at radius 3 is 2.73 bits per heavy atom. The first-order valence-electron chi connectivity index (χ1n) is 8.85. The summed E-state index contributed by atoms with van der Waals surface area (Å²) in [5.41, 5.74) is 1.44. The van der Waals surface area contributed by atoms with Crippen LogP contribution < -0.4 is 15.4 Å². The van der Waals surface area contributed by atoms with E-state index in [9.17, 15) is 4.79 Å². The van der Waals surface area contributed by atoms with Crippen molar-refractivity contribution in [1.29, 1.82) is 0 Å². The molecule has 0 radical (unpaired) electrons. The fourth-order valence-corrected chi connectivity index (χ4v) is 2.77. The molecule has 0 bridgehead atoms. The molecular weight excluding hydrogens is 332 g/mol. The highest BCUT2D eigenvalue weighted by molar-refractivity contribution is 5.92. The number of rotatable bonds is 8. The van der Waals surface area contributed by atoms with Crippen molar-refractivity contribution < 1.29 is 14.3 Å². The lowest BCUT2D eigenvalue weighted by molar-refractivity contribution is 0.0948. The number of hydrogen-bond acceptors (Lipinski definition) is 6. The maximum absolute atomic E-state index is 12.1. The van der Waals surface area contributed by atoms with Gasteiger partial charge in [0.25, 0.3) is 5.91 Å². The Morgan fingerprint density at radius 2 is 2.08 bits per heavy atom. The summed E-state index contributed by atoms with van der Waals surface area (Å²) in [6, 6.07) is 11.2. The zero-order valence-electron chi connectivity index (χ0n) is 14.9. The molecule has 1 aliphatic rings. The van der Waals surface area contributed by atoms with Crippen LogP contribution in [0.2, 0.25) is 0 Å². The average Bonchev–Trinajstić information content (AvgIpc) is 3.21. The number of nitrogens with one attached hydrogen (secondary N) is 2. The normalized spacial score (nSPS) is 16.3. The Balaban J connectivity index is 1.42. The third-order valence-corrected chi connectivity index (χ3v) is 4.29. The number of amides is 1. The second-order valence-corrected chi connectivity index (χ2v) is 6.17. The first-order chi connectivity index (χ1) is 12.7. The van der Waals surface area contributed by atoms with Crippen molar-refractivity contribution in [2.24, 2.45) is 0 Å². The minimum atomic E-state index is -0.225. The number of benzene rings is 1. The van der Waals surface area contributed by atoms with Crippen molar-refractivity contribution in [3.05, 3.63) is 47.7 Å². The number of anilines is 1. The topological polar surface area (TPSA) is 85.4 Å². The standard InChI is InChI=1S/C19H24N4O3/c1-25-15-6-4-14(5-7-15)10-11-20-19(24)17-8-9-18(23-22-17)21-13-16-3-2-12-26-16/h4-9,16H,2-3,10-13H2,1H3,(H,20,24)(H,21,23). The Labute approximate surface area is 153 Å². The summed E-state index contributed by atoms with van der Waals surface area (Å²) in [6.07, 6.45) is 3.14. The Morgan fingerprint density at radius 1 is 1.23 bits per heavy atom. The van der Waals surface area contributed by atoms with Gasteiger partial charge in [-0.05, 0) is 49.1 Å². The molecular formula is C19H24N4O3. The average molecular weight is 356 g/mol. The van der Waals surface area contributed by atoms with Crippen molar-refractivity contribution in [2.75, 3.05) is 32.1 Å². The molecule has 1 amide bonds. The molecule has 0 saturated carbocycles. The quantitative estimate of drug-likeness (QED) is 0.753. The van der Waals surface area contributed by atoms with Gasteiger partial charge in [0.1, 0.15) is 11.6 Å². The molecule has 1 aromatic heterocycles. The number of hydrogen-bond donors (Lipinski definition) is 2. The second kappa shape index (κ2) is 9.15. The maximum atomic E-state index is 12.1. The molecule has 3 rings (SSSR count). The molecule has 7 nitrogen and oxygen atoms in total. The van der Waals surface area contributed by atoms with E-state index < -0.39 is 0 Å². The van der Waals surface area contributed by atoms with E-state index in [1.54, 1.807) is 19.2 Å². The molecule has 26 heavy (non-hydrogen) atoms. The van der Waals surface area contributed by atoms with Crippen molar-refractivity contribution in [3.63, 3.8) is 0 Å². The SMILES string of the molecule is COc1ccc(CCNC(=O)c2ccc(NCC3CCCO3)nn2)cc1. The van der Waals surface area contributed by atoms with Crippen molar-refractivity contribution in [2.45, 2.75) is 25.4 Å². The third-order valence-electron chi connectivity index (χ3n) is 4.29. The number of methoxy groups -OCH3 is 1. The monoisotopic (exact) mass is 356 g/mol. The molecule has 1 saturated heterocycles. The molecule has 7 heteroatoms. The highest BCUT2D eigenvalue weighted by atomic mass is 16.5. The largest absolute Gasteiger partial charge is 0.497 e. The molecule has 0 spiro atoms. The van der Waals surface area contributed by atoms with Crippen LogP contribution in [0.5, 0.6) is 5.75 Å². The summed E-state index contributed by atoms with van der Waals surface area (Å²) >= 11 is 0. The van der Waals surface area contributed by atoms with E-state index in [0.29, 0.717) is 24.6 Å². The van der Waals surface area contributed by atoms with Crippen molar-refractivity contribution in [1.82, 2.24) is 15.5 Å². The molecule has 0 aliphatic carbocycles. The Hall–Kier alpha value is -2.67. The van der Waals surface area contributed by atoms with Crippen LogP contribution in [0.1, 0.15) is 28.9 Å². The van der Waals surface area contributed by atoms with Gasteiger partial charge in [0.2, 0.25) is 0 Å². The Bertz CT molecular complexity index is 698. The molecule has 2 aromatic rings. The van der Waals surface area contributed by atoms with Gasteiger partial charge in [-0.2, -0.15) is 0 Å². The zero-order valence-corrected chi connectivity index (χ0v) is 14.9. The molecule has 1 aromatic carbocycles. The van der Waals surface area contributed by atoms with E-state index in [1.807, 2.05) is 24.3 Å². The summed E-state index contributed by atoms with van der Waals surface area (Å²) in [6.45, 7) is 2.07. The van der Waals surface area contributed by atoms with Gasteiger partial charge in [-0.1, -0.05) is 12.1 Å². The van der Waals surface area contributed by atoms with Crippen LogP contribution in [0.15, 0.2) is 36.4 Å². The van der Waals surface area contributed by atoms with E-state index in [0.717, 1.165) is 37.2 Å². The number of carbonyl (C=O) groups is 1. The van der Waals surface area contributed by atoms with Gasteiger partial charge in [0.05, 0.1) is 13.2 Å². The van der Waals surface area contributed by atoms with Gasteiger partial charge < -0.3 is 20.1 Å². The molecule has 1 unspecified atom stereocenters. The number of carbonyl (C=O) groups excluding carboxylic acids is 1. The van der Waals surface area contributed by atoms with Crippen LogP contribution in [-0.4, -0.2) is 49.0 Å². The highest BCUT2D eigenvalue weighted by Gasteiger charge is 2.15. The first kappa shape index (κ1) is 18.1. The van der Waals surface area contributed by atoms with E-state index in [-0.39, 0.29) is 12.0 Å². The Kier molecular flexibility index (Phi) is 6.38. The summed E-state index contributed by atoms with van der Waals surface area (Å²) in [5, 5.41) is 14.1. The lowest BCUT2D eigenvalue weighted by Gasteiger charge is -2.11. The number of ether oxygens (including phenoxy) is 2. The fourth-order valence-electron chi connectivity index (χ4n) is 2.77. The lowest BCUT2D eigenvalue weighted by atomic mass is 10.1. The van der Waals surface area contributed by atoms with E-state index in [2.05, 4.69) is 20.8 Å². The predicted octanol–water partition coefficient (Wildman–Crippen LogP) is 2.05. The number of nitrogens with zero attached hydrogens (tertiary/aromatic N) is 2. The van der Waals surface area contributed by atoms with Crippen molar-refractivity contribution >= 4 is 11.7 Å². The van der Waals surface area contributed by atoms with Gasteiger partial charge in [-0.3, -0.25) is 4.79 Å². The van der Waals surface area contributed by atoms with Gasteiger partial charge in [0.15, 0.2) is 5.69 Å². The molecule has 1 atom stereocenters. The minimum absolute atomic E-state index is 0.225. The van der Waals surface area contributed by atoms with E-state index in [4.69, 9.17) is 9.47 Å². The van der Waals surface area contributed by atoms with Crippen LogP contribution in [0.25, 0.3) is 0 Å². The number of aromatic nitrogens is 2. The van der Waals surface area contributed by atoms with Crippen LogP contribution in [0.3, 0.4) is 0 Å². The summed E-state index contributed by atoms with van der Waals surface area (Å²) in [5.74, 6) is 1.24. The van der Waals surface area contributed by atoms with Gasteiger partial charge in [-0.25, -0.2) is 0 Å². The molecule has 1 fully saturated rings. The molecule has 2 N–H and O–H groups in total. The first-order valence-corrected chi connectivity index (χ1v) is 8.85. The van der Waals surface area contributed by atoms with Crippen LogP contribution in [-0.2, 0) is 11.2 Å². The van der Waals surface area contributed by atoms with Crippen LogP contribution in [0, 0.1) is 0 Å². The zero-order chi connectivity index (χ0) is 18.2. The molecule has 1 aliphatic heterocycles. The van der Waals surface area contributed by atoms with Gasteiger partial charge in [0, 0.05) is 19.7 Å². The van der Waals surface area contributed by atoms with Gasteiger partial charge in [-0.15, -0.1) is 10.2 Å². The smallest absolute Gasteiger partial charge is 0.271 e. The van der Waals surface area contributed by atoms with Gasteiger partial charge >= 0.3 is 0 Å². The van der Waals surface area contributed by atoms with Crippen molar-refractivity contribution in [3.8, 4) is 5.75 Å². The van der Waals surface area contributed by atoms with E-state index >= 15 is 0 Å². The fraction of sp³-hybridized carbons (Fsp3) is 0.421. The predicted molar refractivity (Wildman–Crippen MR) is 98.5 cm³/mol. The third kappa shape index (κ3) is 5.16. The molecule has 2 heterocycles. The summed E-state index contributed by atoms with van der Waals surface area (Å²) in [7, 11) is 1.64. The van der Waals surface area contributed by atoms with Crippen LogP contribution in [0.4, 0.5) is 5.82 Å². The second-order valence-electron chi connectivity index (χ2n) is 6.17. The lowest BCUT2D eigenvalue weighted by Crippen LogP contribution is -2.27. The summed E-state index contributed by atoms with van der Waals surface area (Å²) in [4.78, 5) is 12.1. The maximum Gasteiger partial charge on any atom is 0.271 e. The van der Waals surface area contributed by atoms with Crippen LogP contribution >= 0.6 is 0 Å². The highest BCUT2D eigenvalue weighted by Crippen LogP contribution is 2.13.